The minimum absolute atomic E-state index is 0.171. The molecular formula is C29H30N2O3S2. The van der Waals surface area contributed by atoms with E-state index in [4.69, 9.17) is 0 Å². The van der Waals surface area contributed by atoms with Crippen LogP contribution in [0.4, 0.5) is 0 Å². The number of fused-ring (bicyclic) bond motifs is 2. The van der Waals surface area contributed by atoms with Crippen LogP contribution in [0.1, 0.15) is 41.0 Å². The van der Waals surface area contributed by atoms with Crippen LogP contribution in [0, 0.1) is 6.92 Å². The molecule has 3 aromatic carbocycles. The van der Waals surface area contributed by atoms with E-state index in [0.29, 0.717) is 13.0 Å². The van der Waals surface area contributed by atoms with E-state index < -0.39 is 10.0 Å². The van der Waals surface area contributed by atoms with Gasteiger partial charge in [0.05, 0.1) is 17.5 Å². The number of hydrogen-bond donors (Lipinski definition) is 0. The van der Waals surface area contributed by atoms with Crippen molar-refractivity contribution in [3.8, 4) is 0 Å². The molecule has 7 heteroatoms. The number of nitrogens with zero attached hydrogens (tertiary/aromatic N) is 2. The van der Waals surface area contributed by atoms with Crippen molar-refractivity contribution in [2.24, 2.45) is 0 Å². The molecule has 0 fully saturated rings. The van der Waals surface area contributed by atoms with Gasteiger partial charge in [0.25, 0.3) is 0 Å². The molecule has 5 rings (SSSR count). The van der Waals surface area contributed by atoms with E-state index in [-0.39, 0.29) is 29.9 Å². The quantitative estimate of drug-likeness (QED) is 0.311. The number of amides is 1. The molecule has 0 unspecified atom stereocenters. The molecular weight excluding hydrogens is 488 g/mol. The molecule has 186 valence electrons. The van der Waals surface area contributed by atoms with Gasteiger partial charge in [-0.25, -0.2) is 8.42 Å². The average molecular weight is 519 g/mol. The van der Waals surface area contributed by atoms with Crippen LogP contribution in [0.2, 0.25) is 0 Å². The van der Waals surface area contributed by atoms with E-state index in [0.717, 1.165) is 33.9 Å². The van der Waals surface area contributed by atoms with Gasteiger partial charge in [-0.15, -0.1) is 11.3 Å². The summed E-state index contributed by atoms with van der Waals surface area (Å²) in [6, 6.07) is 23.0. The Kier molecular flexibility index (Phi) is 6.97. The van der Waals surface area contributed by atoms with E-state index in [2.05, 4.69) is 35.7 Å². The Balaban J connectivity index is 1.46. The highest BCUT2D eigenvalue weighted by atomic mass is 32.2. The van der Waals surface area contributed by atoms with Crippen LogP contribution in [-0.4, -0.2) is 43.2 Å². The Labute approximate surface area is 217 Å². The maximum Gasteiger partial charge on any atom is 0.243 e. The molecule has 2 heterocycles. The number of sulfonamides is 1. The normalized spacial score (nSPS) is 15.9. The lowest BCUT2D eigenvalue weighted by Crippen LogP contribution is -2.46. The molecule has 0 saturated heterocycles. The topological polar surface area (TPSA) is 57.7 Å². The van der Waals surface area contributed by atoms with Crippen molar-refractivity contribution >= 4 is 38.0 Å². The van der Waals surface area contributed by atoms with Gasteiger partial charge >= 0.3 is 0 Å². The van der Waals surface area contributed by atoms with Crippen LogP contribution in [0.25, 0.3) is 10.8 Å². The largest absolute Gasteiger partial charge is 0.330 e. The summed E-state index contributed by atoms with van der Waals surface area (Å²) >= 11 is 1.72. The first-order chi connectivity index (χ1) is 17.4. The van der Waals surface area contributed by atoms with Gasteiger partial charge in [-0.3, -0.25) is 4.79 Å². The summed E-state index contributed by atoms with van der Waals surface area (Å²) in [5.41, 5.74) is 3.35. The predicted octanol–water partition coefficient (Wildman–Crippen LogP) is 5.78. The van der Waals surface area contributed by atoms with Crippen molar-refractivity contribution in [1.82, 2.24) is 9.21 Å². The van der Waals surface area contributed by atoms with Gasteiger partial charge in [-0.1, -0.05) is 67.1 Å². The number of aryl methyl sites for hydroxylation is 1. The molecule has 0 aliphatic carbocycles. The molecule has 1 aromatic heterocycles. The van der Waals surface area contributed by atoms with E-state index in [1.807, 2.05) is 49.1 Å². The molecule has 0 spiro atoms. The summed E-state index contributed by atoms with van der Waals surface area (Å²) in [5.74, 6) is -0.171. The molecule has 36 heavy (non-hydrogen) atoms. The highest BCUT2D eigenvalue weighted by Gasteiger charge is 2.35. The van der Waals surface area contributed by atoms with Crippen LogP contribution in [0.15, 0.2) is 83.1 Å². The summed E-state index contributed by atoms with van der Waals surface area (Å²) in [7, 11) is -3.84. The first-order valence-corrected chi connectivity index (χ1v) is 14.6. The monoisotopic (exact) mass is 518 g/mol. The Bertz CT molecular complexity index is 1490. The smallest absolute Gasteiger partial charge is 0.243 e. The van der Waals surface area contributed by atoms with E-state index in [1.165, 1.54) is 9.18 Å². The number of hydrogen-bond acceptors (Lipinski definition) is 4. The fourth-order valence-electron chi connectivity index (χ4n) is 4.95. The zero-order chi connectivity index (χ0) is 25.3. The molecule has 0 N–H and O–H groups in total. The van der Waals surface area contributed by atoms with Crippen molar-refractivity contribution in [2.75, 3.05) is 19.6 Å². The second-order valence-electron chi connectivity index (χ2n) is 9.30. The molecule has 0 bridgehead atoms. The van der Waals surface area contributed by atoms with E-state index in [1.54, 1.807) is 23.5 Å². The van der Waals surface area contributed by atoms with Crippen LogP contribution in [-0.2, 0) is 21.2 Å². The van der Waals surface area contributed by atoms with Gasteiger partial charge < -0.3 is 4.90 Å². The first-order valence-electron chi connectivity index (χ1n) is 12.3. The highest BCUT2D eigenvalue weighted by molar-refractivity contribution is 7.89. The van der Waals surface area contributed by atoms with Crippen LogP contribution in [0.3, 0.4) is 0 Å². The Hall–Kier alpha value is -3.00. The van der Waals surface area contributed by atoms with Gasteiger partial charge in [0.2, 0.25) is 15.9 Å². The van der Waals surface area contributed by atoms with Crippen molar-refractivity contribution in [1.29, 1.82) is 0 Å². The number of carbonyl (C=O) groups excluding carboxylic acids is 1. The van der Waals surface area contributed by atoms with Gasteiger partial charge in [-0.2, -0.15) is 4.31 Å². The van der Waals surface area contributed by atoms with Crippen molar-refractivity contribution < 1.29 is 13.2 Å². The lowest BCUT2D eigenvalue weighted by molar-refractivity contribution is -0.133. The molecule has 0 radical (unpaired) electrons. The van der Waals surface area contributed by atoms with Gasteiger partial charge in [0, 0.05) is 18.0 Å². The first kappa shape index (κ1) is 24.7. The summed E-state index contributed by atoms with van der Waals surface area (Å²) in [6.45, 7) is 4.66. The van der Waals surface area contributed by atoms with E-state index >= 15 is 0 Å². The maximum atomic E-state index is 13.8. The van der Waals surface area contributed by atoms with Crippen molar-refractivity contribution in [2.45, 2.75) is 37.6 Å². The molecule has 1 atom stereocenters. The minimum Gasteiger partial charge on any atom is -0.330 e. The fraction of sp³-hybridized carbons (Fsp3) is 0.276. The summed E-state index contributed by atoms with van der Waals surface area (Å²) in [4.78, 5) is 17.1. The molecule has 1 aliphatic heterocycles. The maximum absolute atomic E-state index is 13.8. The lowest BCUT2D eigenvalue weighted by Gasteiger charge is -2.37. The zero-order valence-corrected chi connectivity index (χ0v) is 22.2. The molecule has 5 nitrogen and oxygen atoms in total. The van der Waals surface area contributed by atoms with Crippen LogP contribution in [0.5, 0.6) is 0 Å². The fourth-order valence-corrected chi connectivity index (χ4v) is 7.37. The number of rotatable bonds is 7. The van der Waals surface area contributed by atoms with Gasteiger partial charge in [0.1, 0.15) is 0 Å². The number of benzene rings is 3. The van der Waals surface area contributed by atoms with Gasteiger partial charge in [-0.05, 0) is 65.2 Å². The minimum atomic E-state index is -3.84. The molecule has 1 amide bonds. The Morgan fingerprint density at radius 1 is 1.03 bits per heavy atom. The SMILES string of the molecule is CCCN(CC(=O)N1CCc2sccc2[C@H]1c1ccc(C)cc1)S(=O)(=O)c1ccc2ccccc2c1. The third-order valence-corrected chi connectivity index (χ3v) is 9.66. The zero-order valence-electron chi connectivity index (χ0n) is 20.6. The van der Waals surface area contributed by atoms with Crippen LogP contribution < -0.4 is 0 Å². The standard InChI is InChI=1S/C29H30N2O3S2/c1-3-16-30(36(33,34)25-13-12-22-6-4-5-7-24(22)19-25)20-28(32)31-17-14-27-26(15-18-35-27)29(31)23-10-8-21(2)9-11-23/h4-13,15,18-19,29H,3,14,16-17,20H2,1-2H3/t29-/m1/s1. The Morgan fingerprint density at radius 2 is 1.78 bits per heavy atom. The van der Waals surface area contributed by atoms with Crippen LogP contribution >= 0.6 is 11.3 Å². The van der Waals surface area contributed by atoms with Crippen molar-refractivity contribution in [3.05, 3.63) is 99.7 Å². The second-order valence-corrected chi connectivity index (χ2v) is 12.2. The predicted molar refractivity (Wildman–Crippen MR) is 146 cm³/mol. The molecule has 1 aliphatic rings. The average Bonchev–Trinajstić information content (AvgIpc) is 3.37. The lowest BCUT2D eigenvalue weighted by atomic mass is 9.92. The summed E-state index contributed by atoms with van der Waals surface area (Å²) in [5, 5.41) is 3.92. The summed E-state index contributed by atoms with van der Waals surface area (Å²) < 4.78 is 28.7. The highest BCUT2D eigenvalue weighted by Crippen LogP contribution is 2.38. The molecule has 0 saturated carbocycles. The summed E-state index contributed by atoms with van der Waals surface area (Å²) in [6.07, 6.45) is 1.41. The van der Waals surface area contributed by atoms with E-state index in [9.17, 15) is 13.2 Å². The number of carbonyl (C=O) groups is 1. The van der Waals surface area contributed by atoms with Gasteiger partial charge in [0.15, 0.2) is 0 Å². The van der Waals surface area contributed by atoms with Crippen molar-refractivity contribution in [3.63, 3.8) is 0 Å². The second kappa shape index (κ2) is 10.2. The third-order valence-electron chi connectivity index (χ3n) is 6.82. The number of thiophene rings is 1. The third kappa shape index (κ3) is 4.71. The molecule has 4 aromatic rings. The Morgan fingerprint density at radius 3 is 2.53 bits per heavy atom.